The molecule has 1 aliphatic heterocycles. The van der Waals surface area contributed by atoms with E-state index < -0.39 is 12.2 Å². The Morgan fingerprint density at radius 1 is 0.889 bits per heavy atom. The number of hydrogen-bond acceptors (Lipinski definition) is 8. The summed E-state index contributed by atoms with van der Waals surface area (Å²) >= 11 is 0. The molecule has 1 amide bonds. The molecule has 9 nitrogen and oxygen atoms in total. The summed E-state index contributed by atoms with van der Waals surface area (Å²) in [5, 5.41) is 32.5. The second kappa shape index (κ2) is 10.4. The summed E-state index contributed by atoms with van der Waals surface area (Å²) in [6, 6.07) is 13.0. The van der Waals surface area contributed by atoms with Crippen LogP contribution in [0.5, 0.6) is 40.2 Å². The molecule has 0 spiro atoms. The van der Waals surface area contributed by atoms with Crippen LogP contribution in [0, 0.1) is 0 Å². The molecule has 4 rings (SSSR count). The number of carbonyl (C=O) groups excluding carboxylic acids is 1. The van der Waals surface area contributed by atoms with Crippen molar-refractivity contribution in [1.29, 1.82) is 0 Å². The monoisotopic (exact) mass is 493 g/mol. The number of aromatic hydroxyl groups is 3. The highest BCUT2D eigenvalue weighted by Gasteiger charge is 2.34. The Morgan fingerprint density at radius 2 is 1.53 bits per heavy atom. The third-order valence-electron chi connectivity index (χ3n) is 5.61. The molecule has 0 aromatic heterocycles. The predicted molar refractivity (Wildman–Crippen MR) is 133 cm³/mol. The fraction of sp³-hybridized carbons (Fsp3) is 0.222. The average Bonchev–Trinajstić information content (AvgIpc) is 2.85. The Labute approximate surface area is 208 Å². The van der Waals surface area contributed by atoms with Crippen molar-refractivity contribution >= 4 is 18.1 Å². The van der Waals surface area contributed by atoms with Gasteiger partial charge in [0, 0.05) is 18.6 Å². The van der Waals surface area contributed by atoms with Gasteiger partial charge in [-0.15, -0.1) is 0 Å². The minimum atomic E-state index is -0.657. The lowest BCUT2D eigenvalue weighted by Gasteiger charge is -2.34. The maximum atomic E-state index is 11.6. The number of phenolic OH excluding ortho intramolecular Hbond substituents is 3. The number of ether oxygens (including phenoxy) is 4. The summed E-state index contributed by atoms with van der Waals surface area (Å²) in [6.45, 7) is 1.61. The van der Waals surface area contributed by atoms with Crippen molar-refractivity contribution in [1.82, 2.24) is 5.32 Å². The molecule has 2 atom stereocenters. The fourth-order valence-corrected chi connectivity index (χ4v) is 3.92. The van der Waals surface area contributed by atoms with Gasteiger partial charge in [-0.3, -0.25) is 4.79 Å². The number of rotatable bonds is 7. The summed E-state index contributed by atoms with van der Waals surface area (Å²) in [5.41, 5.74) is 2.04. The fourth-order valence-electron chi connectivity index (χ4n) is 3.92. The van der Waals surface area contributed by atoms with E-state index in [-0.39, 0.29) is 41.2 Å². The predicted octanol–water partition coefficient (Wildman–Crippen LogP) is 4.01. The van der Waals surface area contributed by atoms with Crippen molar-refractivity contribution < 1.29 is 39.1 Å². The molecule has 9 heteroatoms. The number of nitrogens with one attached hydrogen (secondary N) is 1. The van der Waals surface area contributed by atoms with E-state index in [1.807, 2.05) is 12.1 Å². The van der Waals surface area contributed by atoms with Crippen LogP contribution in [-0.4, -0.2) is 48.1 Å². The normalized spacial score (nSPS) is 16.5. The van der Waals surface area contributed by atoms with Gasteiger partial charge in [-0.05, 0) is 47.5 Å². The zero-order valence-corrected chi connectivity index (χ0v) is 20.0. The van der Waals surface area contributed by atoms with Crippen molar-refractivity contribution in [3.8, 4) is 40.2 Å². The molecule has 3 aromatic rings. The van der Waals surface area contributed by atoms with E-state index in [0.29, 0.717) is 22.6 Å². The number of amides is 1. The Bertz CT molecular complexity index is 1260. The zero-order chi connectivity index (χ0) is 25.8. The largest absolute Gasteiger partial charge is 0.508 e. The number of benzene rings is 3. The van der Waals surface area contributed by atoms with Crippen molar-refractivity contribution in [2.45, 2.75) is 19.1 Å². The SMILES string of the molecule is COc1cc([C@@H]2Oc3cc(/C=C/c4cc(O)cc(O)c4)ccc3O[C@H]2CNC(C)=O)cc(OC)c1O. The van der Waals surface area contributed by atoms with Crippen LogP contribution < -0.4 is 24.3 Å². The Morgan fingerprint density at radius 3 is 2.14 bits per heavy atom. The highest BCUT2D eigenvalue weighted by Crippen LogP contribution is 2.44. The molecule has 188 valence electrons. The van der Waals surface area contributed by atoms with Crippen molar-refractivity contribution in [2.24, 2.45) is 0 Å². The standard InChI is InChI=1S/C27H27NO8/c1-15(29)28-14-25-27(18-11-23(33-2)26(32)24(12-18)34-3)36-22-10-16(6-7-21(22)35-25)4-5-17-8-19(30)13-20(31)9-17/h4-13,25,27,30-32H,14H2,1-3H3,(H,28,29)/b5-4+/t25-,27-/m0/s1. The molecular formula is C27H27NO8. The molecule has 0 aliphatic carbocycles. The molecule has 0 saturated heterocycles. The molecule has 0 bridgehead atoms. The van der Waals surface area contributed by atoms with Crippen LogP contribution in [0.2, 0.25) is 0 Å². The Hall–Kier alpha value is -4.53. The van der Waals surface area contributed by atoms with Crippen LogP contribution in [0.25, 0.3) is 12.2 Å². The van der Waals surface area contributed by atoms with Gasteiger partial charge >= 0.3 is 0 Å². The molecule has 1 heterocycles. The second-order valence-corrected chi connectivity index (χ2v) is 8.23. The Kier molecular flexibility index (Phi) is 7.10. The Balaban J connectivity index is 1.68. The van der Waals surface area contributed by atoms with E-state index >= 15 is 0 Å². The molecule has 36 heavy (non-hydrogen) atoms. The summed E-state index contributed by atoms with van der Waals surface area (Å²) in [7, 11) is 2.87. The average molecular weight is 494 g/mol. The number of fused-ring (bicyclic) bond motifs is 1. The topological polar surface area (TPSA) is 127 Å². The first-order chi connectivity index (χ1) is 17.3. The van der Waals surface area contributed by atoms with Crippen LogP contribution in [-0.2, 0) is 4.79 Å². The molecule has 0 saturated carbocycles. The lowest BCUT2D eigenvalue weighted by molar-refractivity contribution is -0.119. The van der Waals surface area contributed by atoms with Gasteiger partial charge in [-0.2, -0.15) is 0 Å². The van der Waals surface area contributed by atoms with Crippen LogP contribution in [0.4, 0.5) is 0 Å². The number of methoxy groups -OCH3 is 2. The van der Waals surface area contributed by atoms with Crippen molar-refractivity contribution in [3.63, 3.8) is 0 Å². The first-order valence-electron chi connectivity index (χ1n) is 11.1. The maximum Gasteiger partial charge on any atom is 0.217 e. The summed E-state index contributed by atoms with van der Waals surface area (Å²) in [5.74, 6) is 0.991. The van der Waals surface area contributed by atoms with Crippen LogP contribution in [0.15, 0.2) is 48.5 Å². The minimum Gasteiger partial charge on any atom is -0.508 e. The highest BCUT2D eigenvalue weighted by molar-refractivity contribution is 5.73. The van der Waals surface area contributed by atoms with Gasteiger partial charge in [0.2, 0.25) is 11.7 Å². The maximum absolute atomic E-state index is 11.6. The zero-order valence-electron chi connectivity index (χ0n) is 20.0. The van der Waals surface area contributed by atoms with Gasteiger partial charge in [0.1, 0.15) is 11.5 Å². The van der Waals surface area contributed by atoms with E-state index in [4.69, 9.17) is 18.9 Å². The van der Waals surface area contributed by atoms with Gasteiger partial charge in [0.25, 0.3) is 0 Å². The van der Waals surface area contributed by atoms with E-state index in [1.54, 1.807) is 30.3 Å². The van der Waals surface area contributed by atoms with Gasteiger partial charge in [0.05, 0.1) is 20.8 Å². The second-order valence-electron chi connectivity index (χ2n) is 8.23. The van der Waals surface area contributed by atoms with Crippen LogP contribution in [0.1, 0.15) is 29.7 Å². The third kappa shape index (κ3) is 5.41. The minimum absolute atomic E-state index is 0.0374. The van der Waals surface area contributed by atoms with Gasteiger partial charge in [-0.1, -0.05) is 18.2 Å². The van der Waals surface area contributed by atoms with Crippen LogP contribution in [0.3, 0.4) is 0 Å². The van der Waals surface area contributed by atoms with Gasteiger partial charge < -0.3 is 39.6 Å². The van der Waals surface area contributed by atoms with Gasteiger partial charge in [0.15, 0.2) is 35.2 Å². The van der Waals surface area contributed by atoms with E-state index in [2.05, 4.69) is 5.32 Å². The smallest absolute Gasteiger partial charge is 0.217 e. The number of hydrogen-bond donors (Lipinski definition) is 4. The summed E-state index contributed by atoms with van der Waals surface area (Å²) in [6.07, 6.45) is 2.33. The quantitative estimate of drug-likeness (QED) is 0.364. The van der Waals surface area contributed by atoms with Crippen LogP contribution >= 0.6 is 0 Å². The summed E-state index contributed by atoms with van der Waals surface area (Å²) in [4.78, 5) is 11.6. The van der Waals surface area contributed by atoms with Crippen molar-refractivity contribution in [3.05, 3.63) is 65.2 Å². The molecule has 4 N–H and O–H groups in total. The molecule has 0 unspecified atom stereocenters. The third-order valence-corrected chi connectivity index (χ3v) is 5.61. The van der Waals surface area contributed by atoms with E-state index in [1.165, 1.54) is 39.3 Å². The van der Waals surface area contributed by atoms with Gasteiger partial charge in [-0.25, -0.2) is 0 Å². The lowest BCUT2D eigenvalue weighted by Crippen LogP contribution is -2.42. The highest BCUT2D eigenvalue weighted by atomic mass is 16.6. The molecule has 3 aromatic carbocycles. The summed E-state index contributed by atoms with van der Waals surface area (Å²) < 4.78 is 23.1. The first-order valence-corrected chi connectivity index (χ1v) is 11.1. The van der Waals surface area contributed by atoms with E-state index in [9.17, 15) is 20.1 Å². The number of carbonyl (C=O) groups is 1. The molecular weight excluding hydrogens is 466 g/mol. The molecule has 0 fully saturated rings. The molecule has 1 aliphatic rings. The lowest BCUT2D eigenvalue weighted by atomic mass is 10.0. The van der Waals surface area contributed by atoms with Crippen molar-refractivity contribution in [2.75, 3.05) is 20.8 Å². The number of phenols is 3. The van der Waals surface area contributed by atoms with E-state index in [0.717, 1.165) is 5.56 Å². The first kappa shape index (κ1) is 24.6. The molecule has 0 radical (unpaired) electrons.